The van der Waals surface area contributed by atoms with Gasteiger partial charge in [-0.1, -0.05) is 13.8 Å². The van der Waals surface area contributed by atoms with Crippen molar-refractivity contribution in [3.63, 3.8) is 0 Å². The number of thiocarbonyl (C=S) groups is 1. The van der Waals surface area contributed by atoms with E-state index in [2.05, 4.69) is 40.3 Å². The van der Waals surface area contributed by atoms with Gasteiger partial charge in [0.2, 0.25) is 5.95 Å². The minimum atomic E-state index is 0.534. The first-order valence-corrected chi connectivity index (χ1v) is 11.0. The first kappa shape index (κ1) is 22.0. The maximum absolute atomic E-state index is 5.50. The number of aromatic nitrogens is 2. The zero-order valence-corrected chi connectivity index (χ0v) is 18.6. The van der Waals surface area contributed by atoms with Gasteiger partial charge in [0.1, 0.15) is 11.6 Å². The monoisotopic (exact) mass is 422 g/mol. The number of piperidine rings is 1. The Balaban J connectivity index is 1.76. The predicted octanol–water partition coefficient (Wildman–Crippen LogP) is 2.12. The van der Waals surface area contributed by atoms with Gasteiger partial charge in [-0.25, -0.2) is 0 Å². The fourth-order valence-electron chi connectivity index (χ4n) is 4.01. The molecule has 1 aromatic heterocycles. The van der Waals surface area contributed by atoms with Gasteiger partial charge in [0.15, 0.2) is 5.11 Å². The molecule has 0 aliphatic carbocycles. The Morgan fingerprint density at radius 3 is 2.48 bits per heavy atom. The average Bonchev–Trinajstić information content (AvgIpc) is 2.71. The van der Waals surface area contributed by atoms with Gasteiger partial charge >= 0.3 is 0 Å². The molecule has 2 unspecified atom stereocenters. The molecule has 2 aliphatic rings. The summed E-state index contributed by atoms with van der Waals surface area (Å²) in [5.74, 6) is 3.73. The molecule has 9 heteroatoms. The van der Waals surface area contributed by atoms with Gasteiger partial charge < -0.3 is 29.9 Å². The first-order chi connectivity index (χ1) is 14.0. The summed E-state index contributed by atoms with van der Waals surface area (Å²) in [6.07, 6.45) is 2.15. The van der Waals surface area contributed by atoms with Gasteiger partial charge in [-0.2, -0.15) is 9.97 Å². The molecule has 29 heavy (non-hydrogen) atoms. The molecular weight excluding hydrogens is 388 g/mol. The van der Waals surface area contributed by atoms with Gasteiger partial charge in [0.25, 0.3) is 0 Å². The van der Waals surface area contributed by atoms with Crippen LogP contribution in [-0.2, 0) is 9.47 Å². The highest BCUT2D eigenvalue weighted by Crippen LogP contribution is 2.28. The van der Waals surface area contributed by atoms with E-state index in [-0.39, 0.29) is 0 Å². The van der Waals surface area contributed by atoms with Crippen molar-refractivity contribution in [1.29, 1.82) is 0 Å². The van der Waals surface area contributed by atoms with E-state index in [0.717, 1.165) is 64.0 Å². The van der Waals surface area contributed by atoms with Crippen LogP contribution in [0.1, 0.15) is 26.7 Å². The first-order valence-electron chi connectivity index (χ1n) is 10.6. The molecule has 2 atom stereocenters. The van der Waals surface area contributed by atoms with Crippen molar-refractivity contribution >= 4 is 34.9 Å². The van der Waals surface area contributed by atoms with E-state index in [1.807, 2.05) is 0 Å². The van der Waals surface area contributed by atoms with Crippen LogP contribution in [-0.4, -0.2) is 74.7 Å². The molecule has 0 saturated carbocycles. The Labute approximate surface area is 179 Å². The highest BCUT2D eigenvalue weighted by atomic mass is 32.1. The second kappa shape index (κ2) is 10.9. The topological polar surface area (TPSA) is 74.8 Å². The number of rotatable bonds is 7. The van der Waals surface area contributed by atoms with Crippen LogP contribution >= 0.6 is 12.2 Å². The summed E-state index contributed by atoms with van der Waals surface area (Å²) in [5, 5.41) is 6.90. The van der Waals surface area contributed by atoms with Crippen LogP contribution in [0, 0.1) is 11.8 Å². The van der Waals surface area contributed by atoms with Crippen molar-refractivity contribution in [3.05, 3.63) is 6.07 Å². The molecule has 2 saturated heterocycles. The molecule has 1 aromatic rings. The van der Waals surface area contributed by atoms with Gasteiger partial charge in [-0.15, -0.1) is 0 Å². The number of hydrogen-bond acceptors (Lipinski definition) is 7. The number of anilines is 3. The van der Waals surface area contributed by atoms with Crippen molar-refractivity contribution < 1.29 is 9.47 Å². The molecular formula is C20H34N6O2S. The second-order valence-corrected chi connectivity index (χ2v) is 8.49. The zero-order valence-electron chi connectivity index (χ0n) is 17.8. The third-order valence-electron chi connectivity index (χ3n) is 5.26. The smallest absolute Gasteiger partial charge is 0.232 e. The Hall–Kier alpha value is -1.71. The van der Waals surface area contributed by atoms with Gasteiger partial charge in [0, 0.05) is 52.5 Å². The number of nitrogens with zero attached hydrogens (tertiary/aromatic N) is 4. The Kier molecular flexibility index (Phi) is 8.26. The molecule has 0 spiro atoms. The highest BCUT2D eigenvalue weighted by molar-refractivity contribution is 7.80. The lowest BCUT2D eigenvalue weighted by Crippen LogP contribution is -2.40. The predicted molar refractivity (Wildman–Crippen MR) is 121 cm³/mol. The number of morpholine rings is 1. The number of methoxy groups -OCH3 is 1. The Morgan fingerprint density at radius 2 is 1.83 bits per heavy atom. The number of nitrogens with one attached hydrogen (secondary N) is 2. The van der Waals surface area contributed by atoms with Gasteiger partial charge in [-0.3, -0.25) is 0 Å². The van der Waals surface area contributed by atoms with Crippen LogP contribution < -0.4 is 20.4 Å². The summed E-state index contributed by atoms with van der Waals surface area (Å²) in [6.45, 7) is 11.2. The van der Waals surface area contributed by atoms with E-state index in [1.54, 1.807) is 7.11 Å². The zero-order chi connectivity index (χ0) is 20.6. The van der Waals surface area contributed by atoms with Crippen LogP contribution in [0.15, 0.2) is 6.07 Å². The summed E-state index contributed by atoms with van der Waals surface area (Å²) in [4.78, 5) is 14.2. The van der Waals surface area contributed by atoms with E-state index in [1.165, 1.54) is 6.42 Å². The fraction of sp³-hybridized carbons (Fsp3) is 0.750. The summed E-state index contributed by atoms with van der Waals surface area (Å²) < 4.78 is 10.6. The molecule has 0 bridgehead atoms. The molecule has 2 N–H and O–H groups in total. The summed E-state index contributed by atoms with van der Waals surface area (Å²) >= 11 is 5.43. The third-order valence-corrected chi connectivity index (χ3v) is 5.51. The Morgan fingerprint density at radius 1 is 1.17 bits per heavy atom. The van der Waals surface area contributed by atoms with E-state index >= 15 is 0 Å². The summed E-state index contributed by atoms with van der Waals surface area (Å²) in [5.41, 5.74) is 0. The van der Waals surface area contributed by atoms with E-state index in [0.29, 0.717) is 29.5 Å². The maximum atomic E-state index is 5.50. The maximum Gasteiger partial charge on any atom is 0.232 e. The highest BCUT2D eigenvalue weighted by Gasteiger charge is 2.25. The van der Waals surface area contributed by atoms with Crippen LogP contribution in [0.2, 0.25) is 0 Å². The molecule has 3 rings (SSSR count). The molecule has 0 amide bonds. The van der Waals surface area contributed by atoms with Crippen LogP contribution in [0.25, 0.3) is 0 Å². The molecule has 0 aromatic carbocycles. The molecule has 0 radical (unpaired) electrons. The minimum absolute atomic E-state index is 0.534. The molecule has 8 nitrogen and oxygen atoms in total. The van der Waals surface area contributed by atoms with Crippen LogP contribution in [0.5, 0.6) is 0 Å². The standard InChI is InChI=1S/C20H34N6O2S/c1-15-11-16(2)14-26(13-15)18-12-17(25-6-9-28-10-7-25)22-19(23-18)24-20(29)21-5-4-8-27-3/h12,15-16H,4-11,13-14H2,1-3H3,(H2,21,22,23,24,29). The lowest BCUT2D eigenvalue weighted by molar-refractivity contribution is 0.122. The van der Waals surface area contributed by atoms with E-state index in [4.69, 9.17) is 31.7 Å². The van der Waals surface area contributed by atoms with Crippen molar-refractivity contribution in [2.75, 3.05) is 74.8 Å². The Bertz CT molecular complexity index is 660. The van der Waals surface area contributed by atoms with E-state index in [9.17, 15) is 0 Å². The second-order valence-electron chi connectivity index (χ2n) is 8.09. The normalized spacial score (nSPS) is 22.4. The van der Waals surface area contributed by atoms with Crippen LogP contribution in [0.4, 0.5) is 17.6 Å². The number of ether oxygens (including phenoxy) is 2. The summed E-state index contributed by atoms with van der Waals surface area (Å²) in [7, 11) is 1.70. The lowest BCUT2D eigenvalue weighted by atomic mass is 9.92. The van der Waals surface area contributed by atoms with E-state index < -0.39 is 0 Å². The van der Waals surface area contributed by atoms with Crippen molar-refractivity contribution in [2.45, 2.75) is 26.7 Å². The largest absolute Gasteiger partial charge is 0.385 e. The quantitative estimate of drug-likeness (QED) is 0.508. The molecule has 3 heterocycles. The number of hydrogen-bond donors (Lipinski definition) is 2. The van der Waals surface area contributed by atoms with Gasteiger partial charge in [0.05, 0.1) is 13.2 Å². The fourth-order valence-corrected chi connectivity index (χ4v) is 4.20. The average molecular weight is 423 g/mol. The summed E-state index contributed by atoms with van der Waals surface area (Å²) in [6, 6.07) is 2.11. The van der Waals surface area contributed by atoms with Crippen LogP contribution in [0.3, 0.4) is 0 Å². The minimum Gasteiger partial charge on any atom is -0.385 e. The van der Waals surface area contributed by atoms with Gasteiger partial charge in [-0.05, 0) is 36.9 Å². The van der Waals surface area contributed by atoms with Crippen molar-refractivity contribution in [1.82, 2.24) is 15.3 Å². The lowest BCUT2D eigenvalue weighted by Gasteiger charge is -2.36. The third kappa shape index (κ3) is 6.65. The molecule has 162 valence electrons. The SMILES string of the molecule is COCCCNC(=S)Nc1nc(N2CCOCC2)cc(N2CC(C)CC(C)C2)n1. The molecule has 2 aliphatic heterocycles. The van der Waals surface area contributed by atoms with Crippen molar-refractivity contribution in [2.24, 2.45) is 11.8 Å². The van der Waals surface area contributed by atoms with Crippen molar-refractivity contribution in [3.8, 4) is 0 Å². The molecule has 2 fully saturated rings.